The zero-order chi connectivity index (χ0) is 14.5. The molecule has 2 rings (SSSR count). The van der Waals surface area contributed by atoms with Crippen molar-refractivity contribution in [3.8, 4) is 5.75 Å². The van der Waals surface area contributed by atoms with Crippen LogP contribution in [0.25, 0.3) is 0 Å². The van der Waals surface area contributed by atoms with Crippen LogP contribution >= 0.6 is 15.9 Å². The molecular formula is C14H15BrN2O3. The zero-order valence-electron chi connectivity index (χ0n) is 11.2. The lowest BCUT2D eigenvalue weighted by Gasteiger charge is -2.15. The van der Waals surface area contributed by atoms with Gasteiger partial charge in [-0.3, -0.25) is 4.79 Å². The Morgan fingerprint density at radius 1 is 1.50 bits per heavy atom. The first kappa shape index (κ1) is 14.6. The second-order valence-corrected chi connectivity index (χ2v) is 5.20. The predicted octanol–water partition coefficient (Wildman–Crippen LogP) is 2.94. The minimum Gasteiger partial charge on any atom is -0.488 e. The molecule has 0 saturated heterocycles. The van der Waals surface area contributed by atoms with Gasteiger partial charge >= 0.3 is 5.91 Å². The van der Waals surface area contributed by atoms with Crippen LogP contribution in [-0.4, -0.2) is 23.5 Å². The Morgan fingerprint density at radius 3 is 2.90 bits per heavy atom. The Labute approximate surface area is 125 Å². The molecule has 1 aromatic heterocycles. The number of halogens is 1. The lowest BCUT2D eigenvalue weighted by atomic mass is 10.3. The van der Waals surface area contributed by atoms with Gasteiger partial charge in [0.15, 0.2) is 0 Å². The summed E-state index contributed by atoms with van der Waals surface area (Å²) in [5.74, 6) is 1.06. The molecule has 1 amide bonds. The van der Waals surface area contributed by atoms with Crippen LogP contribution in [0.1, 0.15) is 23.4 Å². The Morgan fingerprint density at radius 2 is 2.25 bits per heavy atom. The average molecular weight is 339 g/mol. The van der Waals surface area contributed by atoms with E-state index in [1.807, 2.05) is 31.2 Å². The molecule has 6 heteroatoms. The number of rotatable bonds is 5. The zero-order valence-corrected chi connectivity index (χ0v) is 12.8. The minimum atomic E-state index is -0.347. The van der Waals surface area contributed by atoms with E-state index in [0.717, 1.165) is 10.2 Å². The van der Waals surface area contributed by atoms with Gasteiger partial charge in [-0.05, 0) is 41.9 Å². The van der Waals surface area contributed by atoms with Gasteiger partial charge in [-0.2, -0.15) is 0 Å². The summed E-state index contributed by atoms with van der Waals surface area (Å²) in [6.45, 7) is 3.98. The third kappa shape index (κ3) is 3.84. The van der Waals surface area contributed by atoms with E-state index in [0.29, 0.717) is 12.3 Å². The van der Waals surface area contributed by atoms with Gasteiger partial charge in [-0.25, -0.2) is 4.98 Å². The van der Waals surface area contributed by atoms with Gasteiger partial charge in [0, 0.05) is 0 Å². The number of aromatic nitrogens is 1. The van der Waals surface area contributed by atoms with E-state index in [9.17, 15) is 4.79 Å². The highest BCUT2D eigenvalue weighted by molar-refractivity contribution is 9.10. The van der Waals surface area contributed by atoms with Gasteiger partial charge in [0.25, 0.3) is 5.89 Å². The first-order valence-corrected chi connectivity index (χ1v) is 6.97. The third-order valence-corrected chi connectivity index (χ3v) is 3.19. The molecule has 1 atom stereocenters. The summed E-state index contributed by atoms with van der Waals surface area (Å²) >= 11 is 3.41. The average Bonchev–Trinajstić information content (AvgIpc) is 2.85. The summed E-state index contributed by atoms with van der Waals surface area (Å²) in [4.78, 5) is 15.6. The summed E-state index contributed by atoms with van der Waals surface area (Å²) < 4.78 is 11.7. The van der Waals surface area contributed by atoms with Crippen LogP contribution in [0, 0.1) is 6.92 Å². The summed E-state index contributed by atoms with van der Waals surface area (Å²) in [5, 5.41) is 2.72. The van der Waals surface area contributed by atoms with Crippen molar-refractivity contribution in [1.29, 1.82) is 0 Å². The van der Waals surface area contributed by atoms with E-state index >= 15 is 0 Å². The Hall–Kier alpha value is -1.82. The van der Waals surface area contributed by atoms with E-state index in [2.05, 4.69) is 26.2 Å². The highest BCUT2D eigenvalue weighted by atomic mass is 79.9. The molecule has 1 N–H and O–H groups in total. The molecule has 1 heterocycles. The normalized spacial score (nSPS) is 11.9. The van der Waals surface area contributed by atoms with Crippen molar-refractivity contribution in [2.75, 3.05) is 6.54 Å². The summed E-state index contributed by atoms with van der Waals surface area (Å²) in [6, 6.07) is 7.56. The Bertz CT molecular complexity index is 598. The molecule has 0 bridgehead atoms. The number of amides is 1. The number of carbonyl (C=O) groups excluding carboxylic acids is 1. The van der Waals surface area contributed by atoms with Gasteiger partial charge in [-0.1, -0.05) is 12.1 Å². The Kier molecular flexibility index (Phi) is 4.79. The molecule has 0 aliphatic carbocycles. The topological polar surface area (TPSA) is 64.4 Å². The van der Waals surface area contributed by atoms with E-state index in [1.165, 1.54) is 6.20 Å². The van der Waals surface area contributed by atoms with Crippen molar-refractivity contribution < 1.29 is 13.9 Å². The van der Waals surface area contributed by atoms with Crippen molar-refractivity contribution >= 4 is 21.8 Å². The minimum absolute atomic E-state index is 0.0654. The monoisotopic (exact) mass is 338 g/mol. The lowest BCUT2D eigenvalue weighted by Crippen LogP contribution is -2.33. The molecule has 1 unspecified atom stereocenters. The standard InChI is InChI=1S/C14H15BrN2O3/c1-9(19-12-6-4-3-5-11(12)15)7-16-13(18)14-17-8-10(2)20-14/h3-6,8-9H,7H2,1-2H3,(H,16,18). The third-order valence-electron chi connectivity index (χ3n) is 2.53. The van der Waals surface area contributed by atoms with Crippen LogP contribution in [0.3, 0.4) is 0 Å². The molecule has 106 valence electrons. The van der Waals surface area contributed by atoms with E-state index in [-0.39, 0.29) is 17.9 Å². The van der Waals surface area contributed by atoms with Gasteiger partial charge in [0.1, 0.15) is 17.6 Å². The summed E-state index contributed by atoms with van der Waals surface area (Å²) in [5.41, 5.74) is 0. The molecule has 20 heavy (non-hydrogen) atoms. The molecule has 0 aliphatic rings. The van der Waals surface area contributed by atoms with Crippen LogP contribution < -0.4 is 10.1 Å². The number of oxazole rings is 1. The van der Waals surface area contributed by atoms with Gasteiger partial charge < -0.3 is 14.5 Å². The number of benzene rings is 1. The fourth-order valence-electron chi connectivity index (χ4n) is 1.57. The molecule has 0 radical (unpaired) electrons. The van der Waals surface area contributed by atoms with Crippen LogP contribution in [0.5, 0.6) is 5.75 Å². The van der Waals surface area contributed by atoms with Crippen molar-refractivity contribution in [2.45, 2.75) is 20.0 Å². The van der Waals surface area contributed by atoms with Crippen molar-refractivity contribution in [3.05, 3.63) is 46.6 Å². The van der Waals surface area contributed by atoms with Crippen LogP contribution in [0.2, 0.25) is 0 Å². The van der Waals surface area contributed by atoms with Gasteiger partial charge in [0.2, 0.25) is 0 Å². The van der Waals surface area contributed by atoms with Crippen molar-refractivity contribution in [1.82, 2.24) is 10.3 Å². The summed E-state index contributed by atoms with van der Waals surface area (Å²) in [6.07, 6.45) is 1.34. The molecule has 2 aromatic rings. The molecule has 1 aromatic carbocycles. The van der Waals surface area contributed by atoms with Crippen LogP contribution in [-0.2, 0) is 0 Å². The summed E-state index contributed by atoms with van der Waals surface area (Å²) in [7, 11) is 0. The molecule has 5 nitrogen and oxygen atoms in total. The van der Waals surface area contributed by atoms with Crippen molar-refractivity contribution in [2.24, 2.45) is 0 Å². The maximum atomic E-state index is 11.7. The number of nitrogens with one attached hydrogen (secondary N) is 1. The predicted molar refractivity (Wildman–Crippen MR) is 77.8 cm³/mol. The maximum absolute atomic E-state index is 11.7. The number of nitrogens with zero attached hydrogens (tertiary/aromatic N) is 1. The first-order chi connectivity index (χ1) is 9.56. The number of hydrogen-bond donors (Lipinski definition) is 1. The Balaban J connectivity index is 1.85. The van der Waals surface area contributed by atoms with E-state index in [1.54, 1.807) is 6.92 Å². The highest BCUT2D eigenvalue weighted by Crippen LogP contribution is 2.24. The fraction of sp³-hybridized carbons (Fsp3) is 0.286. The first-order valence-electron chi connectivity index (χ1n) is 6.18. The molecule has 0 saturated carbocycles. The van der Waals surface area contributed by atoms with E-state index in [4.69, 9.17) is 9.15 Å². The van der Waals surface area contributed by atoms with Crippen LogP contribution in [0.15, 0.2) is 39.4 Å². The highest BCUT2D eigenvalue weighted by Gasteiger charge is 2.14. The number of aryl methyl sites for hydroxylation is 1. The molecular weight excluding hydrogens is 324 g/mol. The van der Waals surface area contributed by atoms with Gasteiger partial charge in [0.05, 0.1) is 17.2 Å². The molecule has 0 fully saturated rings. The van der Waals surface area contributed by atoms with Crippen LogP contribution in [0.4, 0.5) is 0 Å². The molecule has 0 aliphatic heterocycles. The largest absolute Gasteiger partial charge is 0.488 e. The quantitative estimate of drug-likeness (QED) is 0.910. The maximum Gasteiger partial charge on any atom is 0.307 e. The van der Waals surface area contributed by atoms with E-state index < -0.39 is 0 Å². The number of ether oxygens (including phenoxy) is 1. The number of para-hydroxylation sites is 1. The lowest BCUT2D eigenvalue weighted by molar-refractivity contribution is 0.0896. The smallest absolute Gasteiger partial charge is 0.307 e. The number of hydrogen-bond acceptors (Lipinski definition) is 4. The molecule has 0 spiro atoms. The SMILES string of the molecule is Cc1cnc(C(=O)NCC(C)Oc2ccccc2Br)o1. The second-order valence-electron chi connectivity index (χ2n) is 4.34. The second kappa shape index (κ2) is 6.56. The fourth-order valence-corrected chi connectivity index (χ4v) is 1.95. The number of carbonyl (C=O) groups is 1. The van der Waals surface area contributed by atoms with Gasteiger partial charge in [-0.15, -0.1) is 0 Å². The van der Waals surface area contributed by atoms with Crippen molar-refractivity contribution in [3.63, 3.8) is 0 Å².